The number of nitrogens with zero attached hydrogens (tertiary/aromatic N) is 5. The number of rotatable bonds is 11. The number of imidazole rings is 1. The number of nitrogens with one attached hydrogen (secondary N) is 3. The molecule has 0 unspecified atom stereocenters. The van der Waals surface area contributed by atoms with E-state index >= 15 is 0 Å². The van der Waals surface area contributed by atoms with Crippen molar-refractivity contribution in [3.63, 3.8) is 0 Å². The van der Waals surface area contributed by atoms with E-state index in [-0.39, 0.29) is 17.9 Å². The minimum absolute atomic E-state index is 0.0904. The van der Waals surface area contributed by atoms with E-state index in [0.717, 1.165) is 75.5 Å². The first-order chi connectivity index (χ1) is 24.8. The predicted octanol–water partition coefficient (Wildman–Crippen LogP) is 5.26. The lowest BCUT2D eigenvalue weighted by Crippen LogP contribution is -2.36. The number of methoxy groups -OCH3 is 1. The van der Waals surface area contributed by atoms with Crippen LogP contribution in [0.4, 0.5) is 5.69 Å². The molecule has 0 aliphatic carbocycles. The number of halogens is 2. The molecule has 0 saturated carbocycles. The van der Waals surface area contributed by atoms with Crippen LogP contribution in [-0.2, 0) is 36.1 Å². The van der Waals surface area contributed by atoms with Crippen molar-refractivity contribution in [3.8, 4) is 28.4 Å². The maximum Gasteiger partial charge on any atom is 0.291 e. The van der Waals surface area contributed by atoms with Gasteiger partial charge < -0.3 is 30.0 Å². The average Bonchev–Trinajstić information content (AvgIpc) is 3.71. The Morgan fingerprint density at radius 3 is 2.69 bits per heavy atom. The van der Waals surface area contributed by atoms with E-state index in [9.17, 15) is 9.59 Å². The van der Waals surface area contributed by atoms with Gasteiger partial charge in [0.25, 0.3) is 5.91 Å². The molecular weight excluding hydrogens is 691 g/mol. The Balaban J connectivity index is 1.06. The second-order valence-electron chi connectivity index (χ2n) is 13.4. The van der Waals surface area contributed by atoms with Gasteiger partial charge in [0.2, 0.25) is 11.8 Å². The molecule has 6 heterocycles. The zero-order valence-electron chi connectivity index (χ0n) is 28.8. The van der Waals surface area contributed by atoms with E-state index in [1.165, 1.54) is 0 Å². The summed E-state index contributed by atoms with van der Waals surface area (Å²) >= 11 is 13.9. The highest BCUT2D eigenvalue weighted by Gasteiger charge is 2.28. The van der Waals surface area contributed by atoms with E-state index in [1.807, 2.05) is 29.8 Å². The molecule has 7 rings (SSSR count). The van der Waals surface area contributed by atoms with Crippen molar-refractivity contribution >= 4 is 40.7 Å². The fraction of sp³-hybridized carbons (Fsp3) is 0.432. The molecule has 1 atom stereocenters. The van der Waals surface area contributed by atoms with Gasteiger partial charge in [-0.15, -0.1) is 0 Å². The minimum Gasteiger partial charge on any atom is -0.481 e. The lowest BCUT2D eigenvalue weighted by atomic mass is 9.98. The number of ether oxygens (including phenoxy) is 2. The monoisotopic (exact) mass is 732 g/mol. The summed E-state index contributed by atoms with van der Waals surface area (Å²) in [5.41, 5.74) is 5.63. The third-order valence-electron chi connectivity index (χ3n) is 9.99. The van der Waals surface area contributed by atoms with Gasteiger partial charge >= 0.3 is 0 Å². The van der Waals surface area contributed by atoms with Crippen LogP contribution in [0.25, 0.3) is 22.5 Å². The Kier molecular flexibility index (Phi) is 10.9. The number of hydrogen-bond acceptors (Lipinski definition) is 9. The quantitative estimate of drug-likeness (QED) is 0.189. The third-order valence-corrected chi connectivity index (χ3v) is 10.8. The molecule has 268 valence electrons. The number of fused-ring (bicyclic) bond motifs is 1. The Labute approximate surface area is 307 Å². The predicted molar refractivity (Wildman–Crippen MR) is 196 cm³/mol. The summed E-state index contributed by atoms with van der Waals surface area (Å²) in [6.45, 7) is 5.55. The molecule has 14 heteroatoms. The molecular formula is C37H42Cl2N8O4. The van der Waals surface area contributed by atoms with Crippen molar-refractivity contribution in [2.45, 2.75) is 51.2 Å². The molecule has 4 aromatic rings. The molecule has 0 radical (unpaired) electrons. The highest BCUT2D eigenvalue weighted by Crippen LogP contribution is 2.40. The number of benzene rings is 1. The van der Waals surface area contributed by atoms with Crippen LogP contribution in [0, 0.1) is 5.92 Å². The number of pyridine rings is 2. The lowest BCUT2D eigenvalue weighted by molar-refractivity contribution is -0.119. The number of aromatic nitrogens is 4. The summed E-state index contributed by atoms with van der Waals surface area (Å²) in [6.07, 6.45) is 6.06. The molecule has 51 heavy (non-hydrogen) atoms. The molecule has 3 aromatic heterocycles. The first-order valence-corrected chi connectivity index (χ1v) is 18.2. The second-order valence-corrected chi connectivity index (χ2v) is 14.1. The summed E-state index contributed by atoms with van der Waals surface area (Å²) < 4.78 is 13.1. The Hall–Kier alpha value is -4.07. The van der Waals surface area contributed by atoms with Gasteiger partial charge in [0.1, 0.15) is 0 Å². The summed E-state index contributed by atoms with van der Waals surface area (Å²) in [7, 11) is 3.47. The lowest BCUT2D eigenvalue weighted by Gasteiger charge is -2.31. The fourth-order valence-electron chi connectivity index (χ4n) is 7.20. The molecule has 1 aromatic carbocycles. The zero-order valence-corrected chi connectivity index (χ0v) is 30.3. The first kappa shape index (κ1) is 35.3. The van der Waals surface area contributed by atoms with Gasteiger partial charge in [-0.3, -0.25) is 19.5 Å². The van der Waals surface area contributed by atoms with Gasteiger partial charge in [-0.1, -0.05) is 41.4 Å². The Bertz CT molecular complexity index is 1930. The van der Waals surface area contributed by atoms with Gasteiger partial charge in [0.15, 0.2) is 5.82 Å². The molecule has 2 saturated heterocycles. The third kappa shape index (κ3) is 7.75. The normalized spacial score (nSPS) is 18.0. The molecule has 0 bridgehead atoms. The molecule has 2 fully saturated rings. The molecule has 2 amide bonds. The molecule has 3 aliphatic heterocycles. The van der Waals surface area contributed by atoms with Crippen LogP contribution >= 0.6 is 23.2 Å². The van der Waals surface area contributed by atoms with E-state index in [1.54, 1.807) is 31.5 Å². The largest absolute Gasteiger partial charge is 0.481 e. The summed E-state index contributed by atoms with van der Waals surface area (Å²) in [4.78, 5) is 41.7. The minimum atomic E-state index is -0.339. The standard InChI is InChI=1S/C37H42Cl2N8O4/c1-46-30-11-15-47(20-22-12-16-51-17-13-22)21-29(30)43-35(46)36(49)44-28-5-3-4-26(32(28)38)34-33(39)25(10-14-41-34)27-8-6-23(37(45-27)50-2)18-40-19-24-7-9-31(48)42-24/h3-6,8,10,14,22,24,40H,7,9,11-13,15-21H2,1-2H3,(H,42,48)(H,44,49)/t24-/m1/s1. The van der Waals surface area contributed by atoms with Crippen LogP contribution in [0.2, 0.25) is 10.0 Å². The Morgan fingerprint density at radius 1 is 1.06 bits per heavy atom. The van der Waals surface area contributed by atoms with Gasteiger partial charge in [-0.2, -0.15) is 0 Å². The zero-order chi connectivity index (χ0) is 35.5. The number of hydrogen-bond donors (Lipinski definition) is 3. The summed E-state index contributed by atoms with van der Waals surface area (Å²) in [5, 5.41) is 10.00. The molecule has 12 nitrogen and oxygen atoms in total. The number of anilines is 1. The topological polar surface area (TPSA) is 136 Å². The smallest absolute Gasteiger partial charge is 0.291 e. The second kappa shape index (κ2) is 15.7. The van der Waals surface area contributed by atoms with E-state index < -0.39 is 0 Å². The van der Waals surface area contributed by atoms with Crippen LogP contribution < -0.4 is 20.7 Å². The Morgan fingerprint density at radius 2 is 1.90 bits per heavy atom. The van der Waals surface area contributed by atoms with Gasteiger partial charge in [0.05, 0.1) is 39.9 Å². The van der Waals surface area contributed by atoms with E-state index in [4.69, 9.17) is 42.6 Å². The fourth-order valence-corrected chi connectivity index (χ4v) is 7.77. The van der Waals surface area contributed by atoms with Gasteiger partial charge in [-0.05, 0) is 43.4 Å². The van der Waals surface area contributed by atoms with E-state index in [0.29, 0.717) is 75.4 Å². The van der Waals surface area contributed by atoms with Crippen molar-refractivity contribution in [1.29, 1.82) is 0 Å². The number of carbonyl (C=O) groups is 2. The van der Waals surface area contributed by atoms with Crippen LogP contribution in [0.5, 0.6) is 5.88 Å². The average molecular weight is 734 g/mol. The highest BCUT2D eigenvalue weighted by atomic mass is 35.5. The van der Waals surface area contributed by atoms with E-state index in [2.05, 4.69) is 25.8 Å². The summed E-state index contributed by atoms with van der Waals surface area (Å²) in [6, 6.07) is 11.1. The van der Waals surface area contributed by atoms with Crippen molar-refractivity contribution in [3.05, 3.63) is 75.4 Å². The van der Waals surface area contributed by atoms with Crippen molar-refractivity contribution in [1.82, 2.24) is 35.1 Å². The van der Waals surface area contributed by atoms with Crippen LogP contribution in [0.3, 0.4) is 0 Å². The van der Waals surface area contributed by atoms with Crippen molar-refractivity contribution in [2.75, 3.05) is 45.3 Å². The molecule has 0 spiro atoms. The van der Waals surface area contributed by atoms with Crippen molar-refractivity contribution < 1.29 is 19.1 Å². The van der Waals surface area contributed by atoms with Crippen molar-refractivity contribution in [2.24, 2.45) is 13.0 Å². The van der Waals surface area contributed by atoms with Gasteiger partial charge in [-0.25, -0.2) is 9.97 Å². The summed E-state index contributed by atoms with van der Waals surface area (Å²) in [5.74, 6) is 1.20. The maximum absolute atomic E-state index is 13.6. The SMILES string of the molecule is COc1nc(-c2ccnc(-c3cccc(NC(=O)c4nc5c(n4C)CCN(CC4CCOCC4)C5)c3Cl)c2Cl)ccc1CNC[C@H]1CCC(=O)N1. The number of carbonyl (C=O) groups excluding carboxylic acids is 2. The first-order valence-electron chi connectivity index (χ1n) is 17.4. The maximum atomic E-state index is 13.6. The van der Waals surface area contributed by atoms with Gasteiger partial charge in [0, 0.05) is 100 Å². The van der Waals surface area contributed by atoms with Crippen LogP contribution in [0.1, 0.15) is 53.3 Å². The molecule has 3 aliphatic rings. The van der Waals surface area contributed by atoms with Crippen LogP contribution in [-0.4, -0.2) is 82.2 Å². The van der Waals surface area contributed by atoms with Crippen LogP contribution in [0.15, 0.2) is 42.6 Å². The highest BCUT2D eigenvalue weighted by molar-refractivity contribution is 6.39. The molecule has 3 N–H and O–H groups in total. The number of amides is 2.